The van der Waals surface area contributed by atoms with Crippen molar-refractivity contribution in [1.29, 1.82) is 0 Å². The smallest absolute Gasteiger partial charge is 0.299 e. The summed E-state index contributed by atoms with van der Waals surface area (Å²) in [5.41, 5.74) is 12.1. The molecular weight excluding hydrogens is 464 g/mol. The Bertz CT molecular complexity index is 2080. The second-order valence-electron chi connectivity index (χ2n) is 9.95. The Morgan fingerprint density at radius 2 is 1.08 bits per heavy atom. The van der Waals surface area contributed by atoms with Crippen molar-refractivity contribution < 1.29 is 9.30 Å². The first-order valence-corrected chi connectivity index (χ1v) is 13.0. The fourth-order valence-electron chi connectivity index (χ4n) is 6.55. The van der Waals surface area contributed by atoms with Gasteiger partial charge < -0.3 is 4.74 Å². The van der Waals surface area contributed by atoms with E-state index < -0.39 is 0 Å². The SMILES string of the molecule is COc1cccc2c3ccccc3n3c4c([n+](C)c3c12)-c1ccccc1-c1ccccc1-c1ccccc1-4. The number of hydrogen-bond acceptors (Lipinski definition) is 1. The maximum atomic E-state index is 5.98. The summed E-state index contributed by atoms with van der Waals surface area (Å²) >= 11 is 0. The van der Waals surface area contributed by atoms with E-state index in [1.807, 2.05) is 0 Å². The van der Waals surface area contributed by atoms with Gasteiger partial charge in [0.05, 0.1) is 14.2 Å². The van der Waals surface area contributed by atoms with E-state index in [1.165, 1.54) is 61.1 Å². The maximum Gasteiger partial charge on any atom is 0.299 e. The minimum atomic E-state index is 0.879. The van der Waals surface area contributed by atoms with E-state index in [4.69, 9.17) is 4.74 Å². The van der Waals surface area contributed by atoms with Crippen LogP contribution in [0.2, 0.25) is 0 Å². The largest absolute Gasteiger partial charge is 0.496 e. The molecule has 3 heteroatoms. The van der Waals surface area contributed by atoms with Crippen LogP contribution < -0.4 is 9.30 Å². The normalized spacial score (nSPS) is 11.9. The number of ether oxygens (including phenoxy) is 1. The second kappa shape index (κ2) is 7.80. The molecule has 0 amide bonds. The second-order valence-corrected chi connectivity index (χ2v) is 9.95. The van der Waals surface area contributed by atoms with Gasteiger partial charge in [-0.2, -0.15) is 4.40 Å². The fraction of sp³-hybridized carbons (Fsp3) is 0.0571. The van der Waals surface area contributed by atoms with Gasteiger partial charge in [-0.05, 0) is 46.5 Å². The van der Waals surface area contributed by atoms with Crippen LogP contribution in [-0.4, -0.2) is 11.5 Å². The Labute approximate surface area is 220 Å². The predicted molar refractivity (Wildman–Crippen MR) is 155 cm³/mol. The van der Waals surface area contributed by atoms with E-state index in [-0.39, 0.29) is 0 Å². The lowest BCUT2D eigenvalue weighted by molar-refractivity contribution is -0.632. The average Bonchev–Trinajstić information content (AvgIpc) is 3.28. The molecule has 0 saturated heterocycles. The predicted octanol–water partition coefficient (Wildman–Crippen LogP) is 8.06. The zero-order valence-electron chi connectivity index (χ0n) is 21.3. The van der Waals surface area contributed by atoms with Gasteiger partial charge in [-0.25, -0.2) is 4.57 Å². The summed E-state index contributed by atoms with van der Waals surface area (Å²) < 4.78 is 10.8. The lowest BCUT2D eigenvalue weighted by atomic mass is 9.84. The van der Waals surface area contributed by atoms with Crippen molar-refractivity contribution in [3.63, 3.8) is 0 Å². The summed E-state index contributed by atoms with van der Waals surface area (Å²) in [6.07, 6.45) is 0. The monoisotopic (exact) mass is 489 g/mol. The molecule has 8 rings (SSSR count). The Morgan fingerprint density at radius 1 is 0.553 bits per heavy atom. The quantitative estimate of drug-likeness (QED) is 0.168. The van der Waals surface area contributed by atoms with E-state index in [0.717, 1.165) is 16.8 Å². The number of nitrogens with zero attached hydrogens (tertiary/aromatic N) is 2. The van der Waals surface area contributed by atoms with Gasteiger partial charge in [-0.15, -0.1) is 0 Å². The first kappa shape index (κ1) is 21.2. The molecule has 5 aromatic carbocycles. The van der Waals surface area contributed by atoms with Crippen LogP contribution in [0.15, 0.2) is 115 Å². The molecule has 1 aliphatic carbocycles. The van der Waals surface area contributed by atoms with Gasteiger partial charge >= 0.3 is 0 Å². The Balaban J connectivity index is 1.72. The van der Waals surface area contributed by atoms with Crippen molar-refractivity contribution in [2.24, 2.45) is 7.05 Å². The highest BCUT2D eigenvalue weighted by Crippen LogP contribution is 2.48. The zero-order chi connectivity index (χ0) is 25.4. The van der Waals surface area contributed by atoms with Crippen molar-refractivity contribution in [3.05, 3.63) is 115 Å². The molecule has 2 aromatic heterocycles. The van der Waals surface area contributed by atoms with Crippen LogP contribution >= 0.6 is 0 Å². The molecule has 0 bridgehead atoms. The topological polar surface area (TPSA) is 17.5 Å². The van der Waals surface area contributed by atoms with Crippen LogP contribution in [0.25, 0.3) is 72.1 Å². The number of pyridine rings is 1. The zero-order valence-corrected chi connectivity index (χ0v) is 21.3. The number of rotatable bonds is 1. The molecule has 3 nitrogen and oxygen atoms in total. The average molecular weight is 490 g/mol. The number of aromatic nitrogens is 2. The van der Waals surface area contributed by atoms with Crippen LogP contribution in [0.3, 0.4) is 0 Å². The summed E-state index contributed by atoms with van der Waals surface area (Å²) in [6, 6.07) is 41.5. The molecule has 38 heavy (non-hydrogen) atoms. The highest BCUT2D eigenvalue weighted by Gasteiger charge is 2.35. The standard InChI is InChI=1S/C35H25N2O/c1-36-33-28-17-7-5-14-24(28)22-12-3-4-13-23(22)25-15-6-8-18-29(25)34(33)37-30-20-10-9-16-26(30)27-19-11-21-31(38-2)32(27)35(36)37/h3-21H,1-2H3/q+1. The number of aryl methyl sites for hydroxylation is 1. The molecular formula is C35H25N2O+. The molecule has 0 aliphatic heterocycles. The minimum Gasteiger partial charge on any atom is -0.496 e. The van der Waals surface area contributed by atoms with Crippen molar-refractivity contribution in [1.82, 2.24) is 4.40 Å². The lowest BCUT2D eigenvalue weighted by Gasteiger charge is -2.19. The van der Waals surface area contributed by atoms with E-state index in [2.05, 4.69) is 131 Å². The van der Waals surface area contributed by atoms with Crippen LogP contribution in [0.4, 0.5) is 0 Å². The van der Waals surface area contributed by atoms with Gasteiger partial charge in [0.2, 0.25) is 0 Å². The third kappa shape index (κ3) is 2.65. The van der Waals surface area contributed by atoms with Crippen LogP contribution in [0.1, 0.15) is 0 Å². The molecule has 180 valence electrons. The van der Waals surface area contributed by atoms with E-state index >= 15 is 0 Å². The summed E-state index contributed by atoms with van der Waals surface area (Å²) in [6.45, 7) is 0. The number of para-hydroxylation sites is 1. The van der Waals surface area contributed by atoms with Crippen molar-refractivity contribution in [2.45, 2.75) is 0 Å². The van der Waals surface area contributed by atoms with Gasteiger partial charge in [0.25, 0.3) is 5.65 Å². The maximum absolute atomic E-state index is 5.98. The fourth-order valence-corrected chi connectivity index (χ4v) is 6.55. The number of benzene rings is 5. The number of methoxy groups -OCH3 is 1. The van der Waals surface area contributed by atoms with Gasteiger partial charge in [0.1, 0.15) is 16.7 Å². The van der Waals surface area contributed by atoms with E-state index in [1.54, 1.807) is 7.11 Å². The first-order valence-electron chi connectivity index (χ1n) is 13.0. The number of imidazole rings is 1. The highest BCUT2D eigenvalue weighted by molar-refractivity contribution is 6.15. The number of hydrogen-bond donors (Lipinski definition) is 0. The minimum absolute atomic E-state index is 0.879. The number of fused-ring (bicyclic) bond motifs is 15. The molecule has 0 fully saturated rings. The highest BCUT2D eigenvalue weighted by atomic mass is 16.5. The summed E-state index contributed by atoms with van der Waals surface area (Å²) in [5.74, 6) is 0.879. The lowest BCUT2D eigenvalue weighted by Crippen LogP contribution is -2.30. The van der Waals surface area contributed by atoms with Gasteiger partial charge in [-0.1, -0.05) is 91.0 Å². The molecule has 7 aromatic rings. The summed E-state index contributed by atoms with van der Waals surface area (Å²) in [7, 11) is 3.96. The molecule has 0 atom stereocenters. The molecule has 0 unspecified atom stereocenters. The molecule has 0 radical (unpaired) electrons. The molecule has 0 saturated carbocycles. The van der Waals surface area contributed by atoms with Gasteiger partial charge in [-0.3, -0.25) is 0 Å². The Hall–Kier alpha value is -4.89. The van der Waals surface area contributed by atoms with E-state index in [9.17, 15) is 0 Å². The van der Waals surface area contributed by atoms with Gasteiger partial charge in [0, 0.05) is 21.9 Å². The van der Waals surface area contributed by atoms with Crippen molar-refractivity contribution in [3.8, 4) is 50.5 Å². The summed E-state index contributed by atoms with van der Waals surface area (Å²) in [4.78, 5) is 0. The molecule has 1 aliphatic rings. The van der Waals surface area contributed by atoms with Crippen molar-refractivity contribution in [2.75, 3.05) is 7.11 Å². The third-order valence-electron chi connectivity index (χ3n) is 8.09. The molecule has 0 spiro atoms. The van der Waals surface area contributed by atoms with Crippen LogP contribution in [0.5, 0.6) is 5.75 Å². The Morgan fingerprint density at radius 3 is 1.76 bits per heavy atom. The van der Waals surface area contributed by atoms with Crippen LogP contribution in [0, 0.1) is 0 Å². The van der Waals surface area contributed by atoms with Gasteiger partial charge in [0.15, 0.2) is 11.4 Å². The first-order chi connectivity index (χ1) is 18.8. The summed E-state index contributed by atoms with van der Waals surface area (Å²) in [5, 5.41) is 3.52. The molecule has 2 heterocycles. The third-order valence-corrected chi connectivity index (χ3v) is 8.09. The van der Waals surface area contributed by atoms with Crippen LogP contribution in [-0.2, 0) is 7.05 Å². The molecule has 0 N–H and O–H groups in total. The van der Waals surface area contributed by atoms with E-state index in [0.29, 0.717) is 0 Å². The Kier molecular flexibility index (Phi) is 4.36. The van der Waals surface area contributed by atoms with Crippen molar-refractivity contribution >= 4 is 27.3 Å².